The molecule has 0 fully saturated rings. The molecule has 0 heterocycles. The lowest BCUT2D eigenvalue weighted by molar-refractivity contribution is -0.138. The number of ether oxygens (including phenoxy) is 1. The molecule has 2 aromatic carbocycles. The van der Waals surface area contributed by atoms with Crippen molar-refractivity contribution in [3.63, 3.8) is 0 Å². The smallest absolute Gasteiger partial charge is 0.417 e. The van der Waals surface area contributed by atoms with E-state index in [-0.39, 0.29) is 17.9 Å². The van der Waals surface area contributed by atoms with Crippen LogP contribution in [0.5, 0.6) is 5.75 Å². The third-order valence-electron chi connectivity index (χ3n) is 2.99. The lowest BCUT2D eigenvalue weighted by Crippen LogP contribution is -2.12. The number of hydrogen-bond donors (Lipinski definition) is 0. The van der Waals surface area contributed by atoms with E-state index in [2.05, 4.69) is 15.9 Å². The van der Waals surface area contributed by atoms with E-state index in [9.17, 15) is 18.0 Å². The Morgan fingerprint density at radius 3 is 2.32 bits per heavy atom. The van der Waals surface area contributed by atoms with Gasteiger partial charge in [0.15, 0.2) is 5.78 Å². The average molecular weight is 373 g/mol. The molecule has 0 atom stereocenters. The third-order valence-corrected chi connectivity index (χ3v) is 3.52. The van der Waals surface area contributed by atoms with Gasteiger partial charge in [-0.15, -0.1) is 0 Å². The molecule has 2 aromatic rings. The highest BCUT2D eigenvalue weighted by atomic mass is 79.9. The maximum absolute atomic E-state index is 13.0. The van der Waals surface area contributed by atoms with Crippen LogP contribution in [0.15, 0.2) is 46.9 Å². The van der Waals surface area contributed by atoms with E-state index in [1.807, 2.05) is 12.1 Å². The van der Waals surface area contributed by atoms with Crippen molar-refractivity contribution in [2.75, 3.05) is 0 Å². The summed E-state index contributed by atoms with van der Waals surface area (Å²) in [4.78, 5) is 11.3. The largest absolute Gasteiger partial charge is 0.489 e. The summed E-state index contributed by atoms with van der Waals surface area (Å²) in [7, 11) is 0. The molecule has 116 valence electrons. The Balaban J connectivity index is 2.21. The molecule has 2 nitrogen and oxygen atoms in total. The fraction of sp³-hybridized carbons (Fsp3) is 0.188. The summed E-state index contributed by atoms with van der Waals surface area (Å²) < 4.78 is 45.2. The lowest BCUT2D eigenvalue weighted by Gasteiger charge is -2.13. The molecule has 0 spiro atoms. The van der Waals surface area contributed by atoms with Gasteiger partial charge in [-0.1, -0.05) is 28.1 Å². The van der Waals surface area contributed by atoms with Gasteiger partial charge in [-0.25, -0.2) is 0 Å². The molecule has 0 bridgehead atoms. The molecule has 0 aliphatic rings. The van der Waals surface area contributed by atoms with Crippen molar-refractivity contribution in [3.8, 4) is 5.75 Å². The predicted molar refractivity (Wildman–Crippen MR) is 79.9 cm³/mol. The molecule has 0 unspecified atom stereocenters. The first-order chi connectivity index (χ1) is 10.3. The van der Waals surface area contributed by atoms with Gasteiger partial charge in [0.2, 0.25) is 0 Å². The van der Waals surface area contributed by atoms with Crippen LogP contribution in [0.2, 0.25) is 0 Å². The maximum atomic E-state index is 13.0. The van der Waals surface area contributed by atoms with Gasteiger partial charge in [0, 0.05) is 10.0 Å². The van der Waals surface area contributed by atoms with Crippen molar-refractivity contribution >= 4 is 21.7 Å². The first kappa shape index (κ1) is 16.5. The molecule has 0 aliphatic carbocycles. The van der Waals surface area contributed by atoms with Crippen LogP contribution in [0, 0.1) is 0 Å². The topological polar surface area (TPSA) is 26.3 Å². The van der Waals surface area contributed by atoms with Crippen LogP contribution in [-0.4, -0.2) is 5.78 Å². The van der Waals surface area contributed by atoms with Crippen LogP contribution >= 0.6 is 15.9 Å². The van der Waals surface area contributed by atoms with Gasteiger partial charge in [0.25, 0.3) is 0 Å². The Hall–Kier alpha value is -1.82. The molecule has 0 amide bonds. The number of carbonyl (C=O) groups excluding carboxylic acids is 1. The number of benzene rings is 2. The zero-order valence-corrected chi connectivity index (χ0v) is 13.2. The molecular weight excluding hydrogens is 361 g/mol. The van der Waals surface area contributed by atoms with Crippen LogP contribution in [0.4, 0.5) is 13.2 Å². The number of carbonyl (C=O) groups is 1. The molecule has 0 radical (unpaired) electrons. The standard InChI is InChI=1S/C16H12BrF3O2/c1-10(21)14-7-6-13(8-15(14)16(18,19)20)22-9-11-2-4-12(17)5-3-11/h2-8H,9H2,1H3. The van der Waals surface area contributed by atoms with Gasteiger partial charge in [-0.3, -0.25) is 4.79 Å². The van der Waals surface area contributed by atoms with Gasteiger partial charge < -0.3 is 4.74 Å². The minimum absolute atomic E-state index is 0.0697. The van der Waals surface area contributed by atoms with E-state index in [0.717, 1.165) is 29.1 Å². The van der Waals surface area contributed by atoms with Gasteiger partial charge in [-0.2, -0.15) is 13.2 Å². The summed E-state index contributed by atoms with van der Waals surface area (Å²) in [5, 5.41) is 0. The van der Waals surface area contributed by atoms with Gasteiger partial charge in [0.05, 0.1) is 5.56 Å². The Labute approximate surface area is 134 Å². The Kier molecular flexibility index (Phi) is 4.90. The molecule has 0 aliphatic heterocycles. The number of hydrogen-bond acceptors (Lipinski definition) is 2. The molecule has 22 heavy (non-hydrogen) atoms. The molecular formula is C16H12BrF3O2. The van der Waals surface area contributed by atoms with E-state index in [1.54, 1.807) is 12.1 Å². The van der Waals surface area contributed by atoms with Crippen LogP contribution in [0.3, 0.4) is 0 Å². The first-order valence-electron chi connectivity index (χ1n) is 6.37. The molecule has 0 aromatic heterocycles. The number of Topliss-reactive ketones (excluding diaryl/α,β-unsaturated/α-hetero) is 1. The monoisotopic (exact) mass is 372 g/mol. The van der Waals surface area contributed by atoms with Crippen molar-refractivity contribution in [2.24, 2.45) is 0 Å². The van der Waals surface area contributed by atoms with E-state index in [4.69, 9.17) is 4.74 Å². The van der Waals surface area contributed by atoms with Crippen molar-refractivity contribution in [1.29, 1.82) is 0 Å². The molecule has 2 rings (SSSR count). The second kappa shape index (κ2) is 6.52. The van der Waals surface area contributed by atoms with E-state index >= 15 is 0 Å². The third kappa shape index (κ3) is 4.10. The number of alkyl halides is 3. The maximum Gasteiger partial charge on any atom is 0.417 e. The molecule has 0 N–H and O–H groups in total. The highest BCUT2D eigenvalue weighted by molar-refractivity contribution is 9.10. The second-order valence-electron chi connectivity index (χ2n) is 4.68. The quantitative estimate of drug-likeness (QED) is 0.685. The van der Waals surface area contributed by atoms with Crippen molar-refractivity contribution < 1.29 is 22.7 Å². The predicted octanol–water partition coefficient (Wildman–Crippen LogP) is 5.25. The second-order valence-corrected chi connectivity index (χ2v) is 5.59. The Morgan fingerprint density at radius 1 is 1.14 bits per heavy atom. The van der Waals surface area contributed by atoms with E-state index in [0.29, 0.717) is 0 Å². The molecule has 0 saturated heterocycles. The van der Waals surface area contributed by atoms with Crippen molar-refractivity contribution in [2.45, 2.75) is 19.7 Å². The summed E-state index contributed by atoms with van der Waals surface area (Å²) in [6, 6.07) is 10.6. The Morgan fingerprint density at radius 2 is 1.77 bits per heavy atom. The van der Waals surface area contributed by atoms with Crippen molar-refractivity contribution in [1.82, 2.24) is 0 Å². The molecule has 0 saturated carbocycles. The SMILES string of the molecule is CC(=O)c1ccc(OCc2ccc(Br)cc2)cc1C(F)(F)F. The normalized spacial score (nSPS) is 11.3. The van der Waals surface area contributed by atoms with Crippen LogP contribution in [0.1, 0.15) is 28.4 Å². The number of rotatable bonds is 4. The van der Waals surface area contributed by atoms with E-state index < -0.39 is 17.5 Å². The summed E-state index contributed by atoms with van der Waals surface area (Å²) in [5.74, 6) is -0.563. The summed E-state index contributed by atoms with van der Waals surface area (Å²) in [5.41, 5.74) is -0.510. The fourth-order valence-electron chi connectivity index (χ4n) is 1.90. The number of ketones is 1. The van der Waals surface area contributed by atoms with Crippen molar-refractivity contribution in [3.05, 3.63) is 63.6 Å². The zero-order valence-electron chi connectivity index (χ0n) is 11.6. The van der Waals surface area contributed by atoms with Crippen LogP contribution < -0.4 is 4.74 Å². The summed E-state index contributed by atoms with van der Waals surface area (Å²) in [6.07, 6.45) is -4.60. The summed E-state index contributed by atoms with van der Waals surface area (Å²) >= 11 is 3.30. The van der Waals surface area contributed by atoms with Gasteiger partial charge in [0.1, 0.15) is 12.4 Å². The Bertz CT molecular complexity index is 679. The fourth-order valence-corrected chi connectivity index (χ4v) is 2.17. The highest BCUT2D eigenvalue weighted by Gasteiger charge is 2.34. The zero-order chi connectivity index (χ0) is 16.3. The first-order valence-corrected chi connectivity index (χ1v) is 7.16. The van der Waals surface area contributed by atoms with Gasteiger partial charge in [-0.05, 0) is 42.8 Å². The molecule has 6 heteroatoms. The summed E-state index contributed by atoms with van der Waals surface area (Å²) in [6.45, 7) is 1.25. The average Bonchev–Trinajstić information content (AvgIpc) is 2.45. The van der Waals surface area contributed by atoms with Crippen LogP contribution in [0.25, 0.3) is 0 Å². The highest BCUT2D eigenvalue weighted by Crippen LogP contribution is 2.34. The lowest BCUT2D eigenvalue weighted by atomic mass is 10.0. The number of halogens is 4. The minimum atomic E-state index is -4.60. The van der Waals surface area contributed by atoms with E-state index in [1.165, 1.54) is 6.07 Å². The van der Waals surface area contributed by atoms with Crippen LogP contribution in [-0.2, 0) is 12.8 Å². The van der Waals surface area contributed by atoms with Gasteiger partial charge >= 0.3 is 6.18 Å². The minimum Gasteiger partial charge on any atom is -0.489 e.